The van der Waals surface area contributed by atoms with Crippen molar-refractivity contribution in [2.45, 2.75) is 51.3 Å². The quantitative estimate of drug-likeness (QED) is 0.740. The van der Waals surface area contributed by atoms with Crippen LogP contribution < -0.4 is 5.32 Å². The summed E-state index contributed by atoms with van der Waals surface area (Å²) in [5, 5.41) is 2.87. The van der Waals surface area contributed by atoms with E-state index in [9.17, 15) is 13.2 Å². The Balaban J connectivity index is 2.97. The SMILES string of the molecule is CCCCCCNC(=O)c1cc(C)c(C)c(S(=O)(=O)N(C)C)c1. The van der Waals surface area contributed by atoms with Crippen LogP contribution in [0, 0.1) is 13.8 Å². The molecule has 1 aromatic carbocycles. The molecule has 0 radical (unpaired) electrons. The van der Waals surface area contributed by atoms with Gasteiger partial charge in [0.05, 0.1) is 4.90 Å². The Labute approximate surface area is 140 Å². The Morgan fingerprint density at radius 3 is 2.35 bits per heavy atom. The van der Waals surface area contributed by atoms with Crippen LogP contribution in [0.1, 0.15) is 54.1 Å². The van der Waals surface area contributed by atoms with Crippen molar-refractivity contribution >= 4 is 15.9 Å². The number of sulfonamides is 1. The van der Waals surface area contributed by atoms with Crippen molar-refractivity contribution in [2.24, 2.45) is 0 Å². The second-order valence-electron chi connectivity index (χ2n) is 6.02. The lowest BCUT2D eigenvalue weighted by Gasteiger charge is -2.16. The number of unbranched alkanes of at least 4 members (excludes halogenated alkanes) is 3. The molecule has 0 saturated heterocycles. The predicted molar refractivity (Wildman–Crippen MR) is 93.3 cm³/mol. The summed E-state index contributed by atoms with van der Waals surface area (Å²) in [6, 6.07) is 3.21. The zero-order valence-electron chi connectivity index (χ0n) is 14.8. The van der Waals surface area contributed by atoms with Crippen LogP contribution in [0.4, 0.5) is 0 Å². The second-order valence-corrected chi connectivity index (χ2v) is 8.14. The number of hydrogen-bond acceptors (Lipinski definition) is 3. The van der Waals surface area contributed by atoms with Crippen molar-refractivity contribution in [3.63, 3.8) is 0 Å². The minimum absolute atomic E-state index is 0.193. The highest BCUT2D eigenvalue weighted by Crippen LogP contribution is 2.23. The number of aryl methyl sites for hydroxylation is 1. The van der Waals surface area contributed by atoms with Gasteiger partial charge in [-0.15, -0.1) is 0 Å². The van der Waals surface area contributed by atoms with Crippen molar-refractivity contribution in [3.8, 4) is 0 Å². The van der Waals surface area contributed by atoms with Crippen LogP contribution in [0.25, 0.3) is 0 Å². The fourth-order valence-electron chi connectivity index (χ4n) is 2.28. The molecule has 130 valence electrons. The van der Waals surface area contributed by atoms with Gasteiger partial charge in [0.15, 0.2) is 0 Å². The third kappa shape index (κ3) is 5.04. The normalized spacial score (nSPS) is 11.7. The molecule has 0 aliphatic heterocycles. The maximum absolute atomic E-state index is 12.4. The molecule has 0 unspecified atom stereocenters. The molecule has 1 N–H and O–H groups in total. The number of carbonyl (C=O) groups excluding carboxylic acids is 1. The largest absolute Gasteiger partial charge is 0.352 e. The first kappa shape index (κ1) is 19.6. The van der Waals surface area contributed by atoms with E-state index in [1.165, 1.54) is 24.5 Å². The van der Waals surface area contributed by atoms with E-state index >= 15 is 0 Å². The van der Waals surface area contributed by atoms with Gasteiger partial charge in [-0.25, -0.2) is 12.7 Å². The molecule has 1 aromatic rings. The minimum atomic E-state index is -3.57. The number of carbonyl (C=O) groups is 1. The zero-order valence-corrected chi connectivity index (χ0v) is 15.6. The number of rotatable bonds is 8. The molecule has 1 amide bonds. The average Bonchev–Trinajstić information content (AvgIpc) is 2.49. The van der Waals surface area contributed by atoms with Gasteiger partial charge >= 0.3 is 0 Å². The summed E-state index contributed by atoms with van der Waals surface area (Å²) in [4.78, 5) is 12.5. The Bertz CT molecular complexity index is 652. The van der Waals surface area contributed by atoms with Crippen LogP contribution in [0.5, 0.6) is 0 Å². The number of hydrogen-bond donors (Lipinski definition) is 1. The van der Waals surface area contributed by atoms with Gasteiger partial charge in [0, 0.05) is 26.2 Å². The monoisotopic (exact) mass is 340 g/mol. The average molecular weight is 340 g/mol. The number of benzene rings is 1. The molecular weight excluding hydrogens is 312 g/mol. The number of nitrogens with one attached hydrogen (secondary N) is 1. The van der Waals surface area contributed by atoms with Crippen molar-refractivity contribution < 1.29 is 13.2 Å². The highest BCUT2D eigenvalue weighted by Gasteiger charge is 2.22. The highest BCUT2D eigenvalue weighted by molar-refractivity contribution is 7.89. The maximum Gasteiger partial charge on any atom is 0.251 e. The lowest BCUT2D eigenvalue weighted by molar-refractivity contribution is 0.0952. The van der Waals surface area contributed by atoms with Gasteiger partial charge in [0.25, 0.3) is 5.91 Å². The molecule has 0 aliphatic rings. The topological polar surface area (TPSA) is 66.5 Å². The molecule has 5 nitrogen and oxygen atoms in total. The molecule has 0 heterocycles. The van der Waals surface area contributed by atoms with Crippen LogP contribution in [-0.2, 0) is 10.0 Å². The van der Waals surface area contributed by atoms with Crippen LogP contribution >= 0.6 is 0 Å². The first-order chi connectivity index (χ1) is 10.7. The van der Waals surface area contributed by atoms with Crippen LogP contribution in [0.15, 0.2) is 17.0 Å². The fraction of sp³-hybridized carbons (Fsp3) is 0.588. The van der Waals surface area contributed by atoms with Crippen molar-refractivity contribution in [1.82, 2.24) is 9.62 Å². The lowest BCUT2D eigenvalue weighted by Crippen LogP contribution is -2.27. The molecule has 1 rings (SSSR count). The summed E-state index contributed by atoms with van der Waals surface area (Å²) >= 11 is 0. The summed E-state index contributed by atoms with van der Waals surface area (Å²) < 4.78 is 26.0. The van der Waals surface area contributed by atoms with E-state index in [4.69, 9.17) is 0 Å². The second kappa shape index (κ2) is 8.45. The van der Waals surface area contributed by atoms with Gasteiger partial charge < -0.3 is 5.32 Å². The van der Waals surface area contributed by atoms with E-state index in [-0.39, 0.29) is 10.8 Å². The smallest absolute Gasteiger partial charge is 0.251 e. The molecule has 0 bridgehead atoms. The first-order valence-corrected chi connectivity index (χ1v) is 9.47. The van der Waals surface area contributed by atoms with Gasteiger partial charge in [-0.1, -0.05) is 26.2 Å². The molecule has 0 aromatic heterocycles. The number of amides is 1. The standard InChI is InChI=1S/C17H28N2O3S/c1-6-7-8-9-10-18-17(20)15-11-13(2)14(3)16(12-15)23(21,22)19(4)5/h11-12H,6-10H2,1-5H3,(H,18,20). The summed E-state index contributed by atoms with van der Waals surface area (Å²) in [6.45, 7) is 6.34. The molecule has 0 spiro atoms. The van der Waals surface area contributed by atoms with Gasteiger partial charge in [0.2, 0.25) is 10.0 Å². The lowest BCUT2D eigenvalue weighted by atomic mass is 10.1. The summed E-state index contributed by atoms with van der Waals surface area (Å²) in [7, 11) is -0.584. The van der Waals surface area contributed by atoms with E-state index in [0.717, 1.165) is 31.2 Å². The van der Waals surface area contributed by atoms with Crippen molar-refractivity contribution in [1.29, 1.82) is 0 Å². The van der Waals surface area contributed by atoms with Crippen LogP contribution in [0.2, 0.25) is 0 Å². The van der Waals surface area contributed by atoms with Crippen molar-refractivity contribution in [3.05, 3.63) is 28.8 Å². The molecular formula is C17H28N2O3S. The van der Waals surface area contributed by atoms with E-state index in [1.54, 1.807) is 13.0 Å². The summed E-state index contributed by atoms with van der Waals surface area (Å²) in [5.41, 5.74) is 1.87. The Morgan fingerprint density at radius 1 is 1.13 bits per heavy atom. The predicted octanol–water partition coefficient (Wildman–Crippen LogP) is 2.86. The maximum atomic E-state index is 12.4. The molecule has 0 fully saturated rings. The van der Waals surface area contributed by atoms with E-state index in [1.807, 2.05) is 6.92 Å². The van der Waals surface area contributed by atoms with Gasteiger partial charge in [-0.2, -0.15) is 0 Å². The third-order valence-electron chi connectivity index (χ3n) is 3.96. The van der Waals surface area contributed by atoms with Gasteiger partial charge in [-0.3, -0.25) is 4.79 Å². The summed E-state index contributed by atoms with van der Waals surface area (Å²) in [5.74, 6) is -0.222. The Hall–Kier alpha value is -1.40. The van der Waals surface area contributed by atoms with E-state index in [0.29, 0.717) is 17.7 Å². The molecule has 6 heteroatoms. The Morgan fingerprint density at radius 2 is 1.78 bits per heavy atom. The third-order valence-corrected chi connectivity index (χ3v) is 5.90. The molecule has 0 aliphatic carbocycles. The van der Waals surface area contributed by atoms with Crippen LogP contribution in [0.3, 0.4) is 0 Å². The molecule has 23 heavy (non-hydrogen) atoms. The minimum Gasteiger partial charge on any atom is -0.352 e. The molecule has 0 atom stereocenters. The van der Waals surface area contributed by atoms with Crippen LogP contribution in [-0.4, -0.2) is 39.3 Å². The highest BCUT2D eigenvalue weighted by atomic mass is 32.2. The van der Waals surface area contributed by atoms with Gasteiger partial charge in [0.1, 0.15) is 0 Å². The van der Waals surface area contributed by atoms with Gasteiger partial charge in [-0.05, 0) is 43.5 Å². The molecule has 0 saturated carbocycles. The summed E-state index contributed by atoms with van der Waals surface area (Å²) in [6.07, 6.45) is 4.33. The number of nitrogens with zero attached hydrogens (tertiary/aromatic N) is 1. The fourth-order valence-corrected chi connectivity index (χ4v) is 3.50. The van der Waals surface area contributed by atoms with E-state index < -0.39 is 10.0 Å². The zero-order chi connectivity index (χ0) is 17.6. The van der Waals surface area contributed by atoms with E-state index in [2.05, 4.69) is 12.2 Å². The van der Waals surface area contributed by atoms with Crippen molar-refractivity contribution in [2.75, 3.05) is 20.6 Å². The Kier molecular flexibility index (Phi) is 7.22. The first-order valence-electron chi connectivity index (χ1n) is 8.03.